The molecule has 0 aromatic heterocycles. The average molecular weight is 409 g/mol. The Morgan fingerprint density at radius 2 is 1.69 bits per heavy atom. The van der Waals surface area contributed by atoms with Gasteiger partial charge < -0.3 is 10.6 Å². The number of imide groups is 1. The lowest BCUT2D eigenvalue weighted by atomic mass is 10.2. The molecular weight excluding hydrogens is 390 g/mol. The highest BCUT2D eigenvalue weighted by Crippen LogP contribution is 2.30. The van der Waals surface area contributed by atoms with Gasteiger partial charge in [0.15, 0.2) is 0 Å². The third kappa shape index (κ3) is 5.32. The second-order valence-electron chi connectivity index (χ2n) is 6.54. The quantitative estimate of drug-likeness (QED) is 0.738. The fourth-order valence-corrected chi connectivity index (χ4v) is 3.45. The molecule has 0 atom stereocenters. The van der Waals surface area contributed by atoms with Gasteiger partial charge in [0.1, 0.15) is 6.54 Å². The molecule has 8 heteroatoms. The van der Waals surface area contributed by atoms with Crippen LogP contribution in [-0.2, 0) is 14.4 Å². The lowest BCUT2D eigenvalue weighted by Gasteiger charge is -2.12. The highest BCUT2D eigenvalue weighted by atomic mass is 32.2. The van der Waals surface area contributed by atoms with Gasteiger partial charge in [-0.3, -0.25) is 24.1 Å². The molecule has 148 valence electrons. The highest BCUT2D eigenvalue weighted by Gasteiger charge is 2.36. The molecule has 1 aliphatic rings. The number of amides is 4. The van der Waals surface area contributed by atoms with Crippen molar-refractivity contribution >= 4 is 46.1 Å². The van der Waals surface area contributed by atoms with E-state index >= 15 is 0 Å². The first-order chi connectivity index (χ1) is 13.8. The van der Waals surface area contributed by atoms with Gasteiger partial charge in [-0.15, -0.1) is 0 Å². The van der Waals surface area contributed by atoms with Crippen molar-refractivity contribution in [3.8, 4) is 0 Å². The zero-order valence-electron chi connectivity index (χ0n) is 15.9. The molecule has 0 radical (unpaired) electrons. The first-order valence-electron chi connectivity index (χ1n) is 8.81. The Balaban J connectivity index is 1.62. The first-order valence-corrected chi connectivity index (χ1v) is 9.63. The summed E-state index contributed by atoms with van der Waals surface area (Å²) < 4.78 is 0. The predicted molar refractivity (Wildman–Crippen MR) is 112 cm³/mol. The second-order valence-corrected chi connectivity index (χ2v) is 7.53. The van der Waals surface area contributed by atoms with Crippen LogP contribution in [0, 0.1) is 13.8 Å². The summed E-state index contributed by atoms with van der Waals surface area (Å²) in [5.41, 5.74) is 3.17. The first kappa shape index (κ1) is 20.3. The van der Waals surface area contributed by atoms with Crippen LogP contribution >= 0.6 is 11.8 Å². The number of carbonyl (C=O) groups excluding carboxylic acids is 4. The molecule has 1 heterocycles. The molecule has 0 spiro atoms. The van der Waals surface area contributed by atoms with Gasteiger partial charge in [-0.05, 0) is 55.4 Å². The van der Waals surface area contributed by atoms with Crippen LogP contribution in [0.15, 0.2) is 59.5 Å². The third-order valence-electron chi connectivity index (χ3n) is 4.06. The van der Waals surface area contributed by atoms with Crippen LogP contribution in [0.25, 0.3) is 0 Å². The number of carbonyl (C=O) groups is 4. The molecule has 2 N–H and O–H groups in total. The smallest absolute Gasteiger partial charge is 0.294 e. The highest BCUT2D eigenvalue weighted by molar-refractivity contribution is 8.18. The van der Waals surface area contributed by atoms with Crippen LogP contribution < -0.4 is 10.6 Å². The number of anilines is 2. The minimum Gasteiger partial charge on any atom is -0.325 e. The van der Waals surface area contributed by atoms with Crippen LogP contribution in [0.3, 0.4) is 0 Å². The molecule has 1 saturated heterocycles. The third-order valence-corrected chi connectivity index (χ3v) is 4.97. The summed E-state index contributed by atoms with van der Waals surface area (Å²) in [7, 11) is 0. The predicted octanol–water partition coefficient (Wildman–Crippen LogP) is 3.46. The SMILES string of the molecule is Cc1ccc(NC(=O)/C=C2/SC(=O)N(CC(=O)Nc3cccc(C)c3)C2=O)cc1. The van der Waals surface area contributed by atoms with E-state index in [-0.39, 0.29) is 4.91 Å². The standard InChI is InChI=1S/C21H19N3O4S/c1-13-6-8-15(9-7-13)22-18(25)11-17-20(27)24(21(28)29-17)12-19(26)23-16-5-3-4-14(2)10-16/h3-11H,12H2,1-2H3,(H,22,25)(H,23,26)/b17-11+. The molecular formula is C21H19N3O4S. The lowest BCUT2D eigenvalue weighted by Crippen LogP contribution is -2.36. The maximum Gasteiger partial charge on any atom is 0.294 e. The molecule has 0 saturated carbocycles. The Labute approximate surface area is 172 Å². The lowest BCUT2D eigenvalue weighted by molar-refractivity contribution is -0.127. The van der Waals surface area contributed by atoms with E-state index < -0.39 is 29.5 Å². The molecule has 1 fully saturated rings. The summed E-state index contributed by atoms with van der Waals surface area (Å²) in [6, 6.07) is 14.3. The van der Waals surface area contributed by atoms with Gasteiger partial charge in [-0.25, -0.2) is 0 Å². The molecule has 0 bridgehead atoms. The van der Waals surface area contributed by atoms with Crippen molar-refractivity contribution in [1.82, 2.24) is 4.90 Å². The number of benzene rings is 2. The van der Waals surface area contributed by atoms with Crippen LogP contribution in [0.5, 0.6) is 0 Å². The van der Waals surface area contributed by atoms with Crippen LogP contribution in [0.1, 0.15) is 11.1 Å². The minimum absolute atomic E-state index is 0.0250. The van der Waals surface area contributed by atoms with Crippen molar-refractivity contribution in [3.63, 3.8) is 0 Å². The van der Waals surface area contributed by atoms with E-state index in [2.05, 4.69) is 10.6 Å². The monoisotopic (exact) mass is 409 g/mol. The average Bonchev–Trinajstić information content (AvgIpc) is 2.91. The molecule has 2 aromatic rings. The fourth-order valence-electron chi connectivity index (χ4n) is 2.64. The zero-order valence-corrected chi connectivity index (χ0v) is 16.7. The van der Waals surface area contributed by atoms with Crippen molar-refractivity contribution in [2.24, 2.45) is 0 Å². The summed E-state index contributed by atoms with van der Waals surface area (Å²) in [6.07, 6.45) is 1.07. The molecule has 4 amide bonds. The van der Waals surface area contributed by atoms with Gasteiger partial charge in [0.05, 0.1) is 4.91 Å². The van der Waals surface area contributed by atoms with Crippen molar-refractivity contribution in [2.45, 2.75) is 13.8 Å². The summed E-state index contributed by atoms with van der Waals surface area (Å²) in [6.45, 7) is 3.39. The van der Waals surface area contributed by atoms with E-state index in [0.29, 0.717) is 23.1 Å². The van der Waals surface area contributed by atoms with E-state index in [1.165, 1.54) is 0 Å². The van der Waals surface area contributed by atoms with E-state index in [0.717, 1.165) is 22.1 Å². The van der Waals surface area contributed by atoms with Gasteiger partial charge in [0.2, 0.25) is 11.8 Å². The number of nitrogens with one attached hydrogen (secondary N) is 2. The number of nitrogens with zero attached hydrogens (tertiary/aromatic N) is 1. The van der Waals surface area contributed by atoms with Gasteiger partial charge in [0, 0.05) is 17.5 Å². The molecule has 29 heavy (non-hydrogen) atoms. The second kappa shape index (κ2) is 8.74. The molecule has 2 aromatic carbocycles. The molecule has 7 nitrogen and oxygen atoms in total. The topological polar surface area (TPSA) is 95.6 Å². The van der Waals surface area contributed by atoms with Crippen molar-refractivity contribution in [1.29, 1.82) is 0 Å². The summed E-state index contributed by atoms with van der Waals surface area (Å²) in [5.74, 6) is -1.69. The van der Waals surface area contributed by atoms with E-state index in [1.54, 1.807) is 30.3 Å². The van der Waals surface area contributed by atoms with Gasteiger partial charge in [-0.1, -0.05) is 29.8 Å². The largest absolute Gasteiger partial charge is 0.325 e. The Hall–Kier alpha value is -3.39. The number of hydrogen-bond acceptors (Lipinski definition) is 5. The van der Waals surface area contributed by atoms with E-state index in [9.17, 15) is 19.2 Å². The van der Waals surface area contributed by atoms with Crippen LogP contribution in [0.4, 0.5) is 16.2 Å². The normalized spacial score (nSPS) is 15.0. The number of aryl methyl sites for hydroxylation is 2. The molecule has 0 unspecified atom stereocenters. The van der Waals surface area contributed by atoms with Gasteiger partial charge in [0.25, 0.3) is 11.1 Å². The van der Waals surface area contributed by atoms with Gasteiger partial charge >= 0.3 is 0 Å². The Kier molecular flexibility index (Phi) is 6.13. The van der Waals surface area contributed by atoms with Crippen molar-refractivity contribution in [3.05, 3.63) is 70.6 Å². The van der Waals surface area contributed by atoms with Crippen LogP contribution in [0.2, 0.25) is 0 Å². The number of thioether (sulfide) groups is 1. The summed E-state index contributed by atoms with van der Waals surface area (Å²) >= 11 is 0.632. The maximum atomic E-state index is 12.4. The molecule has 0 aliphatic carbocycles. The number of hydrogen-bond donors (Lipinski definition) is 2. The molecule has 1 aliphatic heterocycles. The Morgan fingerprint density at radius 3 is 2.38 bits per heavy atom. The number of rotatable bonds is 5. The molecule has 3 rings (SSSR count). The van der Waals surface area contributed by atoms with Crippen molar-refractivity contribution < 1.29 is 19.2 Å². The minimum atomic E-state index is -0.668. The van der Waals surface area contributed by atoms with Gasteiger partial charge in [-0.2, -0.15) is 0 Å². The Morgan fingerprint density at radius 1 is 0.966 bits per heavy atom. The summed E-state index contributed by atoms with van der Waals surface area (Å²) in [4.78, 5) is 49.7. The van der Waals surface area contributed by atoms with Crippen molar-refractivity contribution in [2.75, 3.05) is 17.2 Å². The zero-order chi connectivity index (χ0) is 21.0. The van der Waals surface area contributed by atoms with E-state index in [4.69, 9.17) is 0 Å². The van der Waals surface area contributed by atoms with Crippen LogP contribution in [-0.4, -0.2) is 34.4 Å². The maximum absolute atomic E-state index is 12.4. The summed E-state index contributed by atoms with van der Waals surface area (Å²) in [5, 5.41) is 4.69. The Bertz CT molecular complexity index is 1010. The van der Waals surface area contributed by atoms with E-state index in [1.807, 2.05) is 32.0 Å². The fraction of sp³-hybridized carbons (Fsp3) is 0.143.